The van der Waals surface area contributed by atoms with Crippen molar-refractivity contribution in [2.75, 3.05) is 6.26 Å². The Morgan fingerprint density at radius 3 is 2.18 bits per heavy atom. The van der Waals surface area contributed by atoms with Crippen molar-refractivity contribution in [3.05, 3.63) is 48.8 Å². The van der Waals surface area contributed by atoms with Gasteiger partial charge in [0.05, 0.1) is 0 Å². The number of thioether (sulfide) groups is 1. The van der Waals surface area contributed by atoms with E-state index in [0.29, 0.717) is 0 Å². The van der Waals surface area contributed by atoms with Crippen LogP contribution in [0.4, 0.5) is 0 Å². The van der Waals surface area contributed by atoms with Gasteiger partial charge in [0.15, 0.2) is 0 Å². The van der Waals surface area contributed by atoms with E-state index in [1.54, 1.807) is 11.8 Å². The molecule has 0 aliphatic carbocycles. The fraction of sp³-hybridized carbons (Fsp3) is 0.214. The molecular weight excluding hydrogens is 355 g/mol. The molecular formula is C14H17NPrS. The van der Waals surface area contributed by atoms with Gasteiger partial charge in [0.25, 0.3) is 0 Å². The fourth-order valence-electron chi connectivity index (χ4n) is 1.35. The van der Waals surface area contributed by atoms with Gasteiger partial charge in [-0.1, -0.05) is 26.0 Å². The molecule has 0 fully saturated rings. The number of rotatable bonds is 2. The monoisotopic (exact) mass is 372 g/mol. The summed E-state index contributed by atoms with van der Waals surface area (Å²) in [6.07, 6.45) is 5.73. The van der Waals surface area contributed by atoms with E-state index in [-0.39, 0.29) is 41.3 Å². The van der Waals surface area contributed by atoms with Crippen LogP contribution < -0.4 is 0 Å². The number of benzene rings is 1. The van der Waals surface area contributed by atoms with Gasteiger partial charge in [-0.05, 0) is 41.6 Å². The molecule has 1 nitrogen and oxygen atoms in total. The van der Waals surface area contributed by atoms with Crippen molar-refractivity contribution in [3.8, 4) is 11.1 Å². The molecule has 0 unspecified atom stereocenters. The third-order valence-corrected chi connectivity index (χ3v) is 2.81. The topological polar surface area (TPSA) is 12.9 Å². The molecule has 0 aliphatic rings. The van der Waals surface area contributed by atoms with E-state index >= 15 is 0 Å². The summed E-state index contributed by atoms with van der Waals surface area (Å²) in [6.45, 7) is 4.00. The first-order chi connectivity index (χ1) is 7.90. The van der Waals surface area contributed by atoms with Gasteiger partial charge < -0.3 is 0 Å². The molecule has 2 aromatic rings. The van der Waals surface area contributed by atoms with E-state index in [4.69, 9.17) is 0 Å². The van der Waals surface area contributed by atoms with Crippen molar-refractivity contribution in [1.29, 1.82) is 0 Å². The average Bonchev–Trinajstić information content (AvgIpc) is 2.42. The number of hydrogen-bond donors (Lipinski definition) is 0. The fourth-order valence-corrected chi connectivity index (χ4v) is 1.81. The Hall–Kier alpha value is 0.0836. The van der Waals surface area contributed by atoms with Crippen LogP contribution in [0.3, 0.4) is 0 Å². The zero-order valence-electron chi connectivity index (χ0n) is 10.6. The first-order valence-electron chi connectivity index (χ1n) is 5.44. The third-order valence-electron chi connectivity index (χ3n) is 2.08. The standard InChI is InChI=1S/C12H11NS.C2H6.Pr/c1-14-12-4-2-3-11(9-12)10-5-7-13-8-6-10;1-2;/h2-9H,1H3;1-2H3;. The molecule has 1 aromatic heterocycles. The predicted molar refractivity (Wildman–Crippen MR) is 72.8 cm³/mol. The van der Waals surface area contributed by atoms with Crippen molar-refractivity contribution in [3.63, 3.8) is 0 Å². The van der Waals surface area contributed by atoms with Gasteiger partial charge in [-0.2, -0.15) is 0 Å². The number of nitrogens with zero attached hydrogens (tertiary/aromatic N) is 1. The molecule has 1 aromatic carbocycles. The summed E-state index contributed by atoms with van der Waals surface area (Å²) in [4.78, 5) is 5.30. The second kappa shape index (κ2) is 10.0. The maximum Gasteiger partial charge on any atom is 0.0273 e. The van der Waals surface area contributed by atoms with Gasteiger partial charge in [0, 0.05) is 58.6 Å². The smallest absolute Gasteiger partial charge is 0.0273 e. The van der Waals surface area contributed by atoms with Crippen molar-refractivity contribution in [2.45, 2.75) is 18.7 Å². The molecule has 0 saturated heterocycles. The largest absolute Gasteiger partial charge is 0.265 e. The van der Waals surface area contributed by atoms with Crippen LogP contribution in [-0.2, 0) is 0 Å². The van der Waals surface area contributed by atoms with E-state index in [1.807, 2.05) is 38.4 Å². The van der Waals surface area contributed by atoms with Gasteiger partial charge in [0.1, 0.15) is 0 Å². The molecule has 1 radical (unpaired) electrons. The Kier molecular flexibility index (Phi) is 10.1. The second-order valence-corrected chi connectivity index (χ2v) is 3.85. The Labute approximate surface area is 141 Å². The molecule has 0 amide bonds. The quantitative estimate of drug-likeness (QED) is 0.721. The molecule has 87 valence electrons. The summed E-state index contributed by atoms with van der Waals surface area (Å²) in [7, 11) is 0. The average molecular weight is 372 g/mol. The number of aromatic nitrogens is 1. The van der Waals surface area contributed by atoms with Gasteiger partial charge in [0.2, 0.25) is 0 Å². The third kappa shape index (κ3) is 5.50. The van der Waals surface area contributed by atoms with E-state index < -0.39 is 0 Å². The van der Waals surface area contributed by atoms with Crippen molar-refractivity contribution >= 4 is 11.8 Å². The predicted octanol–water partition coefficient (Wildman–Crippen LogP) is 4.50. The normalized spacial score (nSPS) is 8.65. The van der Waals surface area contributed by atoms with Crippen LogP contribution in [0, 0.1) is 41.3 Å². The van der Waals surface area contributed by atoms with Crippen molar-refractivity contribution in [1.82, 2.24) is 4.98 Å². The van der Waals surface area contributed by atoms with E-state index in [0.717, 1.165) is 0 Å². The minimum absolute atomic E-state index is 0. The molecule has 0 bridgehead atoms. The summed E-state index contributed by atoms with van der Waals surface area (Å²) >= 11 is 1.76. The van der Waals surface area contributed by atoms with Gasteiger partial charge in [-0.15, -0.1) is 11.8 Å². The SMILES string of the molecule is CC.CSc1cccc(-c2ccncc2)c1.[Pr]. The molecule has 3 heteroatoms. The second-order valence-electron chi connectivity index (χ2n) is 2.97. The first-order valence-corrected chi connectivity index (χ1v) is 6.67. The van der Waals surface area contributed by atoms with Gasteiger partial charge in [-0.25, -0.2) is 0 Å². The van der Waals surface area contributed by atoms with Crippen LogP contribution in [0.2, 0.25) is 0 Å². The van der Waals surface area contributed by atoms with Crippen LogP contribution in [0.5, 0.6) is 0 Å². The minimum Gasteiger partial charge on any atom is -0.265 e. The number of hydrogen-bond acceptors (Lipinski definition) is 2. The van der Waals surface area contributed by atoms with Crippen molar-refractivity contribution in [2.24, 2.45) is 0 Å². The van der Waals surface area contributed by atoms with Crippen LogP contribution in [0.15, 0.2) is 53.7 Å². The van der Waals surface area contributed by atoms with Crippen LogP contribution in [0.1, 0.15) is 13.8 Å². The summed E-state index contributed by atoms with van der Waals surface area (Å²) in [6, 6.07) is 12.6. The summed E-state index contributed by atoms with van der Waals surface area (Å²) < 4.78 is 0. The Morgan fingerprint density at radius 1 is 0.941 bits per heavy atom. The summed E-state index contributed by atoms with van der Waals surface area (Å²) in [5.41, 5.74) is 2.47. The summed E-state index contributed by atoms with van der Waals surface area (Å²) in [5.74, 6) is 0. The molecule has 2 rings (SSSR count). The minimum atomic E-state index is 0. The van der Waals surface area contributed by atoms with Crippen LogP contribution in [-0.4, -0.2) is 11.2 Å². The van der Waals surface area contributed by atoms with Gasteiger partial charge >= 0.3 is 0 Å². The Balaban J connectivity index is 0.000000811. The molecule has 0 spiro atoms. The summed E-state index contributed by atoms with van der Waals surface area (Å²) in [5, 5.41) is 0. The first kappa shape index (κ1) is 17.1. The Morgan fingerprint density at radius 2 is 1.59 bits per heavy atom. The van der Waals surface area contributed by atoms with Gasteiger partial charge in [-0.3, -0.25) is 4.98 Å². The maximum atomic E-state index is 4.01. The van der Waals surface area contributed by atoms with Crippen LogP contribution >= 0.6 is 11.8 Å². The van der Waals surface area contributed by atoms with E-state index in [2.05, 4.69) is 35.5 Å². The molecule has 0 saturated carbocycles. The zero-order chi connectivity index (χ0) is 11.8. The zero-order valence-corrected chi connectivity index (χ0v) is 15.1. The molecule has 0 aliphatic heterocycles. The van der Waals surface area contributed by atoms with E-state index in [1.165, 1.54) is 16.0 Å². The number of pyridine rings is 1. The molecule has 17 heavy (non-hydrogen) atoms. The molecule has 0 atom stereocenters. The van der Waals surface area contributed by atoms with E-state index in [9.17, 15) is 0 Å². The maximum absolute atomic E-state index is 4.01. The molecule has 0 N–H and O–H groups in total. The van der Waals surface area contributed by atoms with Crippen molar-refractivity contribution < 1.29 is 41.3 Å². The molecule has 1 heterocycles. The Bertz CT molecular complexity index is 418. The van der Waals surface area contributed by atoms with Crippen LogP contribution in [0.25, 0.3) is 11.1 Å².